The average molecular weight is 267 g/mol. The normalized spacial score (nSPS) is 18.5. The standard InChI is InChI=1S/C16H23F2N/c1-19-16(9-12-5-3-2-4-6-12)10-13-7-14(17)11-15(18)8-13/h7-8,11-12,16,19H,2-6,9-10H2,1H3. The molecule has 1 nitrogen and oxygen atoms in total. The van der Waals surface area contributed by atoms with Crippen molar-refractivity contribution in [2.45, 2.75) is 51.0 Å². The smallest absolute Gasteiger partial charge is 0.126 e. The first-order chi connectivity index (χ1) is 9.17. The molecule has 1 unspecified atom stereocenters. The minimum Gasteiger partial charge on any atom is -0.317 e. The molecular formula is C16H23F2N. The van der Waals surface area contributed by atoms with E-state index in [9.17, 15) is 8.78 Å². The van der Waals surface area contributed by atoms with Gasteiger partial charge in [-0.2, -0.15) is 0 Å². The molecule has 1 N–H and O–H groups in total. The van der Waals surface area contributed by atoms with Crippen LogP contribution in [-0.2, 0) is 6.42 Å². The molecule has 0 radical (unpaired) electrons. The molecule has 3 heteroatoms. The van der Waals surface area contributed by atoms with Crippen molar-refractivity contribution in [2.75, 3.05) is 7.05 Å². The van der Waals surface area contributed by atoms with Crippen molar-refractivity contribution < 1.29 is 8.78 Å². The van der Waals surface area contributed by atoms with E-state index in [1.165, 1.54) is 44.2 Å². The molecule has 0 heterocycles. The van der Waals surface area contributed by atoms with Crippen LogP contribution >= 0.6 is 0 Å². The second-order valence-electron chi connectivity index (χ2n) is 5.71. The maximum Gasteiger partial charge on any atom is 0.126 e. The van der Waals surface area contributed by atoms with Crippen molar-refractivity contribution in [2.24, 2.45) is 5.92 Å². The van der Waals surface area contributed by atoms with Gasteiger partial charge in [0.1, 0.15) is 11.6 Å². The number of hydrogen-bond donors (Lipinski definition) is 1. The Kier molecular flexibility index (Phi) is 5.32. The van der Waals surface area contributed by atoms with E-state index < -0.39 is 11.6 Å². The van der Waals surface area contributed by atoms with Gasteiger partial charge in [0.2, 0.25) is 0 Å². The first kappa shape index (κ1) is 14.4. The fourth-order valence-corrected chi connectivity index (χ4v) is 3.14. The van der Waals surface area contributed by atoms with Gasteiger partial charge in [0.05, 0.1) is 0 Å². The van der Waals surface area contributed by atoms with Crippen molar-refractivity contribution in [3.05, 3.63) is 35.4 Å². The highest BCUT2D eigenvalue weighted by atomic mass is 19.1. The van der Waals surface area contributed by atoms with Gasteiger partial charge in [-0.15, -0.1) is 0 Å². The molecule has 0 spiro atoms. The van der Waals surface area contributed by atoms with Gasteiger partial charge in [-0.1, -0.05) is 32.1 Å². The topological polar surface area (TPSA) is 12.0 Å². The van der Waals surface area contributed by atoms with Gasteiger partial charge >= 0.3 is 0 Å². The molecule has 0 aliphatic heterocycles. The lowest BCUT2D eigenvalue weighted by Gasteiger charge is -2.26. The predicted octanol–water partition coefficient (Wildman–Crippen LogP) is 4.07. The van der Waals surface area contributed by atoms with Crippen LogP contribution in [0.2, 0.25) is 0 Å². The lowest BCUT2D eigenvalue weighted by Crippen LogP contribution is -2.30. The van der Waals surface area contributed by atoms with Gasteiger partial charge < -0.3 is 5.32 Å². The van der Waals surface area contributed by atoms with Crippen molar-refractivity contribution in [1.82, 2.24) is 5.32 Å². The maximum absolute atomic E-state index is 13.2. The summed E-state index contributed by atoms with van der Waals surface area (Å²) < 4.78 is 26.4. The molecule has 1 aliphatic carbocycles. The van der Waals surface area contributed by atoms with E-state index in [1.807, 2.05) is 7.05 Å². The third-order valence-electron chi connectivity index (χ3n) is 4.16. The molecule has 1 saturated carbocycles. The fraction of sp³-hybridized carbons (Fsp3) is 0.625. The Morgan fingerprint density at radius 2 is 1.74 bits per heavy atom. The molecule has 0 saturated heterocycles. The van der Waals surface area contributed by atoms with Crippen molar-refractivity contribution in [1.29, 1.82) is 0 Å². The van der Waals surface area contributed by atoms with Crippen LogP contribution in [0.25, 0.3) is 0 Å². The Morgan fingerprint density at radius 1 is 1.11 bits per heavy atom. The van der Waals surface area contributed by atoms with E-state index in [0.717, 1.165) is 24.0 Å². The third kappa shape index (κ3) is 4.57. The van der Waals surface area contributed by atoms with Crippen LogP contribution in [0.4, 0.5) is 8.78 Å². The first-order valence-corrected chi connectivity index (χ1v) is 7.29. The summed E-state index contributed by atoms with van der Waals surface area (Å²) in [5.74, 6) is -0.199. The van der Waals surface area contributed by atoms with E-state index in [2.05, 4.69) is 5.32 Å². The second-order valence-corrected chi connectivity index (χ2v) is 5.71. The summed E-state index contributed by atoms with van der Waals surface area (Å²) in [5, 5.41) is 3.29. The van der Waals surface area contributed by atoms with Crippen LogP contribution in [0.1, 0.15) is 44.1 Å². The van der Waals surface area contributed by atoms with Crippen molar-refractivity contribution in [3.8, 4) is 0 Å². The molecule has 1 fully saturated rings. The Hall–Kier alpha value is -0.960. The number of benzene rings is 1. The summed E-state index contributed by atoms with van der Waals surface area (Å²) >= 11 is 0. The molecular weight excluding hydrogens is 244 g/mol. The number of halogens is 2. The minimum atomic E-state index is -0.484. The van der Waals surface area contributed by atoms with Gasteiger partial charge in [-0.25, -0.2) is 8.78 Å². The second kappa shape index (κ2) is 6.99. The molecule has 1 aliphatic rings. The summed E-state index contributed by atoms with van der Waals surface area (Å²) in [5.41, 5.74) is 0.743. The van der Waals surface area contributed by atoms with E-state index in [4.69, 9.17) is 0 Å². The number of rotatable bonds is 5. The maximum atomic E-state index is 13.2. The van der Waals surface area contributed by atoms with Crippen LogP contribution in [0, 0.1) is 17.6 Å². The average Bonchev–Trinajstić information content (AvgIpc) is 2.38. The Morgan fingerprint density at radius 3 is 2.32 bits per heavy atom. The van der Waals surface area contributed by atoms with Gasteiger partial charge in [0.25, 0.3) is 0 Å². The monoisotopic (exact) mass is 267 g/mol. The highest BCUT2D eigenvalue weighted by molar-refractivity contribution is 5.19. The Balaban J connectivity index is 1.93. The molecule has 0 amide bonds. The number of hydrogen-bond acceptors (Lipinski definition) is 1. The molecule has 19 heavy (non-hydrogen) atoms. The summed E-state index contributed by atoms with van der Waals surface area (Å²) in [6.07, 6.45) is 8.42. The van der Waals surface area contributed by atoms with E-state index in [0.29, 0.717) is 12.5 Å². The highest BCUT2D eigenvalue weighted by Crippen LogP contribution is 2.28. The SMILES string of the molecule is CNC(Cc1cc(F)cc(F)c1)CC1CCCCC1. The zero-order valence-corrected chi connectivity index (χ0v) is 11.6. The minimum absolute atomic E-state index is 0.310. The zero-order chi connectivity index (χ0) is 13.7. The molecule has 1 aromatic carbocycles. The largest absolute Gasteiger partial charge is 0.317 e. The van der Waals surface area contributed by atoms with Crippen LogP contribution < -0.4 is 5.32 Å². The predicted molar refractivity (Wildman–Crippen MR) is 74.1 cm³/mol. The summed E-state index contributed by atoms with van der Waals surface area (Å²) in [6, 6.07) is 4.12. The van der Waals surface area contributed by atoms with Gasteiger partial charge in [0, 0.05) is 12.1 Å². The molecule has 106 valence electrons. The molecule has 1 atom stereocenters. The van der Waals surface area contributed by atoms with Gasteiger partial charge in [0.15, 0.2) is 0 Å². The van der Waals surface area contributed by atoms with Crippen molar-refractivity contribution >= 4 is 0 Å². The van der Waals surface area contributed by atoms with Crippen LogP contribution in [-0.4, -0.2) is 13.1 Å². The van der Waals surface area contributed by atoms with Gasteiger partial charge in [-0.3, -0.25) is 0 Å². The summed E-state index contributed by atoms with van der Waals surface area (Å²) in [6.45, 7) is 0. The lowest BCUT2D eigenvalue weighted by atomic mass is 9.83. The molecule has 0 bridgehead atoms. The van der Waals surface area contributed by atoms with E-state index in [1.54, 1.807) is 0 Å². The van der Waals surface area contributed by atoms with Crippen LogP contribution in [0.15, 0.2) is 18.2 Å². The number of nitrogens with one attached hydrogen (secondary N) is 1. The van der Waals surface area contributed by atoms with Crippen molar-refractivity contribution in [3.63, 3.8) is 0 Å². The van der Waals surface area contributed by atoms with Gasteiger partial charge in [-0.05, 0) is 43.5 Å². The lowest BCUT2D eigenvalue weighted by molar-refractivity contribution is 0.302. The van der Waals surface area contributed by atoms with Crippen LogP contribution in [0.3, 0.4) is 0 Å². The van der Waals surface area contributed by atoms with Crippen LogP contribution in [0.5, 0.6) is 0 Å². The molecule has 2 rings (SSSR count). The third-order valence-corrected chi connectivity index (χ3v) is 4.16. The molecule has 0 aromatic heterocycles. The van der Waals surface area contributed by atoms with E-state index >= 15 is 0 Å². The van der Waals surface area contributed by atoms with E-state index in [-0.39, 0.29) is 0 Å². The first-order valence-electron chi connectivity index (χ1n) is 7.29. The fourth-order valence-electron chi connectivity index (χ4n) is 3.14. The quantitative estimate of drug-likeness (QED) is 0.848. The summed E-state index contributed by atoms with van der Waals surface area (Å²) in [4.78, 5) is 0. The highest BCUT2D eigenvalue weighted by Gasteiger charge is 2.18. The Labute approximate surface area is 114 Å². The Bertz CT molecular complexity index is 379. The molecule has 1 aromatic rings. The number of likely N-dealkylation sites (N-methyl/N-ethyl adjacent to an activating group) is 1. The zero-order valence-electron chi connectivity index (χ0n) is 11.6. The summed E-state index contributed by atoms with van der Waals surface area (Å²) in [7, 11) is 1.93.